The molecule has 0 atom stereocenters. The lowest BCUT2D eigenvalue weighted by atomic mass is 10.1. The third kappa shape index (κ3) is 2.72. The Kier molecular flexibility index (Phi) is 3.55. The van der Waals surface area contributed by atoms with E-state index >= 15 is 0 Å². The maximum absolute atomic E-state index is 10.8. The van der Waals surface area contributed by atoms with Gasteiger partial charge >= 0.3 is 0 Å². The summed E-state index contributed by atoms with van der Waals surface area (Å²) in [4.78, 5) is 14.6. The fourth-order valence-corrected chi connectivity index (χ4v) is 2.66. The van der Waals surface area contributed by atoms with Crippen LogP contribution in [0.3, 0.4) is 0 Å². The molecular formula is C14H17N5O2. The number of hydrogen-bond donors (Lipinski definition) is 1. The van der Waals surface area contributed by atoms with Crippen LogP contribution >= 0.6 is 0 Å². The molecule has 21 heavy (non-hydrogen) atoms. The van der Waals surface area contributed by atoms with Gasteiger partial charge in [0.2, 0.25) is 0 Å². The zero-order chi connectivity index (χ0) is 14.8. The Hall–Kier alpha value is -2.44. The molecule has 0 bridgehead atoms. The number of anilines is 1. The number of fused-ring (bicyclic) bond motifs is 1. The van der Waals surface area contributed by atoms with Gasteiger partial charge in [-0.2, -0.15) is 5.10 Å². The predicted octanol–water partition coefficient (Wildman–Crippen LogP) is 2.44. The Morgan fingerprint density at radius 3 is 3.05 bits per heavy atom. The smallest absolute Gasteiger partial charge is 0.290 e. The average Bonchev–Trinajstić information content (AvgIpc) is 2.88. The van der Waals surface area contributed by atoms with E-state index in [0.717, 1.165) is 13.0 Å². The van der Waals surface area contributed by atoms with Crippen LogP contribution in [-0.4, -0.2) is 19.7 Å². The molecule has 0 spiro atoms. The van der Waals surface area contributed by atoms with Crippen LogP contribution in [-0.2, 0) is 19.5 Å². The van der Waals surface area contributed by atoms with Crippen molar-refractivity contribution in [3.05, 3.63) is 45.4 Å². The molecule has 0 fully saturated rings. The molecule has 1 aliphatic rings. The molecule has 2 aromatic heterocycles. The lowest BCUT2D eigenvalue weighted by Gasteiger charge is -2.15. The molecule has 0 aromatic carbocycles. The van der Waals surface area contributed by atoms with Crippen molar-refractivity contribution < 1.29 is 4.92 Å². The zero-order valence-electron chi connectivity index (χ0n) is 11.9. The van der Waals surface area contributed by atoms with Crippen LogP contribution in [0.1, 0.15) is 29.8 Å². The molecule has 110 valence electrons. The highest BCUT2D eigenvalue weighted by Gasteiger charge is 2.15. The van der Waals surface area contributed by atoms with Crippen LogP contribution in [0.25, 0.3) is 0 Å². The Morgan fingerprint density at radius 1 is 1.43 bits per heavy atom. The van der Waals surface area contributed by atoms with Gasteiger partial charge in [-0.15, -0.1) is 0 Å². The standard InChI is InChI=1S/C14H17N5O2/c1-10-12(19(20)21)5-6-14(17-10)15-8-11-9-16-18-7-3-2-4-13(11)18/h5-6,9H,2-4,7-8H2,1H3,(H,15,17). The summed E-state index contributed by atoms with van der Waals surface area (Å²) in [6.07, 6.45) is 5.34. The molecule has 1 aliphatic heterocycles. The fourth-order valence-electron chi connectivity index (χ4n) is 2.66. The molecule has 3 heterocycles. The number of nitro groups is 1. The number of nitrogens with zero attached hydrogens (tertiary/aromatic N) is 4. The Balaban J connectivity index is 1.72. The summed E-state index contributed by atoms with van der Waals surface area (Å²) in [5, 5.41) is 18.4. The summed E-state index contributed by atoms with van der Waals surface area (Å²) in [6.45, 7) is 3.27. The molecule has 0 unspecified atom stereocenters. The molecule has 0 aliphatic carbocycles. The maximum Gasteiger partial charge on any atom is 0.290 e. The summed E-state index contributed by atoms with van der Waals surface area (Å²) in [7, 11) is 0. The SMILES string of the molecule is Cc1nc(NCc2cnn3c2CCCC3)ccc1[N+](=O)[O-]. The minimum atomic E-state index is -0.416. The van der Waals surface area contributed by atoms with Crippen LogP contribution in [0.4, 0.5) is 11.5 Å². The fraction of sp³-hybridized carbons (Fsp3) is 0.429. The van der Waals surface area contributed by atoms with Gasteiger partial charge in [0.25, 0.3) is 5.69 Å². The van der Waals surface area contributed by atoms with E-state index in [1.807, 2.05) is 6.20 Å². The predicted molar refractivity (Wildman–Crippen MR) is 78.1 cm³/mol. The molecule has 7 heteroatoms. The normalized spacial score (nSPS) is 13.8. The lowest BCUT2D eigenvalue weighted by Crippen LogP contribution is -2.13. The summed E-state index contributed by atoms with van der Waals surface area (Å²) in [6, 6.07) is 3.12. The van der Waals surface area contributed by atoms with Gasteiger partial charge in [-0.1, -0.05) is 0 Å². The summed E-state index contributed by atoms with van der Waals surface area (Å²) >= 11 is 0. The van der Waals surface area contributed by atoms with Crippen LogP contribution < -0.4 is 5.32 Å². The van der Waals surface area contributed by atoms with Gasteiger partial charge < -0.3 is 5.32 Å². The second-order valence-corrected chi connectivity index (χ2v) is 5.21. The summed E-state index contributed by atoms with van der Waals surface area (Å²) < 4.78 is 2.06. The number of hydrogen-bond acceptors (Lipinski definition) is 5. The van der Waals surface area contributed by atoms with Gasteiger partial charge in [-0.25, -0.2) is 4.98 Å². The maximum atomic E-state index is 10.8. The molecule has 2 aromatic rings. The largest absolute Gasteiger partial charge is 0.366 e. The second-order valence-electron chi connectivity index (χ2n) is 5.21. The van der Waals surface area contributed by atoms with Gasteiger partial charge in [0, 0.05) is 30.4 Å². The zero-order valence-corrected chi connectivity index (χ0v) is 11.9. The monoisotopic (exact) mass is 287 g/mol. The number of pyridine rings is 1. The Bertz CT molecular complexity index is 680. The number of aromatic nitrogens is 3. The van der Waals surface area contributed by atoms with Crippen molar-refractivity contribution in [3.63, 3.8) is 0 Å². The van der Waals surface area contributed by atoms with Crippen molar-refractivity contribution in [2.45, 2.75) is 39.3 Å². The van der Waals surface area contributed by atoms with E-state index in [4.69, 9.17) is 0 Å². The molecule has 0 saturated carbocycles. The molecule has 0 radical (unpaired) electrons. The second kappa shape index (κ2) is 5.51. The Morgan fingerprint density at radius 2 is 2.29 bits per heavy atom. The third-order valence-corrected chi connectivity index (χ3v) is 3.78. The van der Waals surface area contributed by atoms with Gasteiger partial charge in [0.05, 0.1) is 11.1 Å². The van der Waals surface area contributed by atoms with Crippen molar-refractivity contribution in [1.82, 2.24) is 14.8 Å². The summed E-state index contributed by atoms with van der Waals surface area (Å²) in [5.41, 5.74) is 2.92. The first-order chi connectivity index (χ1) is 10.1. The van der Waals surface area contributed by atoms with Crippen molar-refractivity contribution in [1.29, 1.82) is 0 Å². The number of nitrogens with one attached hydrogen (secondary N) is 1. The van der Waals surface area contributed by atoms with E-state index in [-0.39, 0.29) is 5.69 Å². The third-order valence-electron chi connectivity index (χ3n) is 3.78. The van der Waals surface area contributed by atoms with Gasteiger partial charge in [-0.05, 0) is 32.3 Å². The van der Waals surface area contributed by atoms with E-state index < -0.39 is 4.92 Å². The van der Waals surface area contributed by atoms with E-state index in [2.05, 4.69) is 20.1 Å². The minimum Gasteiger partial charge on any atom is -0.366 e. The van der Waals surface area contributed by atoms with E-state index in [1.165, 1.54) is 30.2 Å². The lowest BCUT2D eigenvalue weighted by molar-refractivity contribution is -0.385. The first kappa shape index (κ1) is 13.5. The number of aryl methyl sites for hydroxylation is 2. The topological polar surface area (TPSA) is 85.9 Å². The highest BCUT2D eigenvalue weighted by atomic mass is 16.6. The molecule has 7 nitrogen and oxygen atoms in total. The van der Waals surface area contributed by atoms with E-state index in [9.17, 15) is 10.1 Å². The average molecular weight is 287 g/mol. The van der Waals surface area contributed by atoms with Crippen LogP contribution in [0.2, 0.25) is 0 Å². The first-order valence-electron chi connectivity index (χ1n) is 7.04. The van der Waals surface area contributed by atoms with Crippen molar-refractivity contribution in [2.75, 3.05) is 5.32 Å². The molecule has 0 amide bonds. The van der Waals surface area contributed by atoms with Crippen LogP contribution in [0.15, 0.2) is 18.3 Å². The van der Waals surface area contributed by atoms with Gasteiger partial charge in [-0.3, -0.25) is 14.8 Å². The summed E-state index contributed by atoms with van der Waals surface area (Å²) in [5.74, 6) is 0.647. The van der Waals surface area contributed by atoms with Gasteiger partial charge in [0.1, 0.15) is 11.5 Å². The van der Waals surface area contributed by atoms with Crippen LogP contribution in [0.5, 0.6) is 0 Å². The molecular weight excluding hydrogens is 270 g/mol. The van der Waals surface area contributed by atoms with Crippen molar-refractivity contribution >= 4 is 11.5 Å². The van der Waals surface area contributed by atoms with Crippen molar-refractivity contribution in [2.24, 2.45) is 0 Å². The highest BCUT2D eigenvalue weighted by Crippen LogP contribution is 2.21. The first-order valence-corrected chi connectivity index (χ1v) is 7.04. The molecule has 3 rings (SSSR count). The van der Waals surface area contributed by atoms with Crippen molar-refractivity contribution in [3.8, 4) is 0 Å². The van der Waals surface area contributed by atoms with Crippen LogP contribution in [0, 0.1) is 17.0 Å². The quantitative estimate of drug-likeness (QED) is 0.689. The van der Waals surface area contributed by atoms with Gasteiger partial charge in [0.15, 0.2) is 0 Å². The van der Waals surface area contributed by atoms with E-state index in [0.29, 0.717) is 18.1 Å². The minimum absolute atomic E-state index is 0.0449. The number of rotatable bonds is 4. The van der Waals surface area contributed by atoms with E-state index in [1.54, 1.807) is 13.0 Å². The Labute approximate surface area is 122 Å². The highest BCUT2D eigenvalue weighted by molar-refractivity contribution is 5.45. The molecule has 0 saturated heterocycles. The molecule has 1 N–H and O–H groups in total.